The summed E-state index contributed by atoms with van der Waals surface area (Å²) in [6.07, 6.45) is 2.15. The van der Waals surface area contributed by atoms with Gasteiger partial charge < -0.3 is 10.5 Å². The second-order valence-electron chi connectivity index (χ2n) is 3.93. The lowest BCUT2D eigenvalue weighted by molar-refractivity contribution is 0.302. The molecule has 0 aliphatic carbocycles. The summed E-state index contributed by atoms with van der Waals surface area (Å²) in [6.45, 7) is 2.31. The van der Waals surface area contributed by atoms with E-state index >= 15 is 0 Å². The minimum Gasteiger partial charge on any atom is -0.493 e. The van der Waals surface area contributed by atoms with Crippen molar-refractivity contribution in [1.82, 2.24) is 0 Å². The summed E-state index contributed by atoms with van der Waals surface area (Å²) in [5.41, 5.74) is 6.42. The number of ether oxygens (including phenoxy) is 1. The number of hydrogen-bond acceptors (Lipinski definition) is 3. The van der Waals surface area contributed by atoms with Crippen molar-refractivity contribution in [2.45, 2.75) is 32.2 Å². The fourth-order valence-electron chi connectivity index (χ4n) is 1.49. The molecule has 0 radical (unpaired) electrons. The number of rotatable bonds is 6. The Morgan fingerprint density at radius 2 is 2.24 bits per heavy atom. The van der Waals surface area contributed by atoms with Gasteiger partial charge in [0, 0.05) is 18.0 Å². The molecule has 0 fully saturated rings. The van der Waals surface area contributed by atoms with Crippen LogP contribution < -0.4 is 10.5 Å². The smallest absolute Gasteiger partial charge is 0.124 e. The molecule has 0 aromatic heterocycles. The molecule has 1 atom stereocenters. The van der Waals surface area contributed by atoms with Crippen LogP contribution in [0.25, 0.3) is 0 Å². The van der Waals surface area contributed by atoms with Crippen LogP contribution in [0.4, 0.5) is 4.39 Å². The van der Waals surface area contributed by atoms with Crippen LogP contribution in [-0.2, 0) is 0 Å². The van der Waals surface area contributed by atoms with Crippen LogP contribution in [0.5, 0.6) is 5.75 Å². The van der Waals surface area contributed by atoms with Gasteiger partial charge in [0.2, 0.25) is 0 Å². The number of benzene rings is 1. The van der Waals surface area contributed by atoms with Gasteiger partial charge in [-0.05, 0) is 38.0 Å². The molecule has 4 heteroatoms. The highest BCUT2D eigenvalue weighted by atomic mass is 19.1. The van der Waals surface area contributed by atoms with Crippen LogP contribution in [-0.4, -0.2) is 6.61 Å². The summed E-state index contributed by atoms with van der Waals surface area (Å²) >= 11 is 0. The van der Waals surface area contributed by atoms with E-state index in [0.29, 0.717) is 24.3 Å². The topological polar surface area (TPSA) is 59.0 Å². The Balaban J connectivity index is 2.55. The van der Waals surface area contributed by atoms with Crippen molar-refractivity contribution in [2.24, 2.45) is 5.73 Å². The second-order valence-corrected chi connectivity index (χ2v) is 3.93. The number of nitrogens with two attached hydrogens (primary N) is 1. The van der Waals surface area contributed by atoms with Crippen LogP contribution in [0.15, 0.2) is 18.2 Å². The molecular weight excluding hydrogens is 219 g/mol. The third-order valence-corrected chi connectivity index (χ3v) is 2.40. The quantitative estimate of drug-likeness (QED) is 0.772. The van der Waals surface area contributed by atoms with Crippen LogP contribution in [0, 0.1) is 17.1 Å². The monoisotopic (exact) mass is 236 g/mol. The molecule has 0 spiro atoms. The largest absolute Gasteiger partial charge is 0.493 e. The predicted octanol–water partition coefficient (Wildman–Crippen LogP) is 2.92. The normalized spacial score (nSPS) is 11.9. The maximum atomic E-state index is 13.0. The Labute approximate surface area is 101 Å². The molecule has 17 heavy (non-hydrogen) atoms. The maximum Gasteiger partial charge on any atom is 0.124 e. The Morgan fingerprint density at radius 3 is 2.88 bits per heavy atom. The van der Waals surface area contributed by atoms with Crippen LogP contribution in [0.2, 0.25) is 0 Å². The van der Waals surface area contributed by atoms with Gasteiger partial charge in [-0.3, -0.25) is 0 Å². The summed E-state index contributed by atoms with van der Waals surface area (Å²) in [4.78, 5) is 0. The van der Waals surface area contributed by atoms with E-state index in [-0.39, 0.29) is 11.9 Å². The number of halogens is 1. The van der Waals surface area contributed by atoms with E-state index < -0.39 is 0 Å². The van der Waals surface area contributed by atoms with Crippen LogP contribution in [0.3, 0.4) is 0 Å². The molecule has 0 saturated carbocycles. The minimum atomic E-state index is -0.311. The third kappa shape index (κ3) is 4.41. The number of hydrogen-bond donors (Lipinski definition) is 1. The van der Waals surface area contributed by atoms with E-state index in [1.165, 1.54) is 12.1 Å². The second kappa shape index (κ2) is 6.87. The van der Waals surface area contributed by atoms with Gasteiger partial charge in [0.25, 0.3) is 0 Å². The summed E-state index contributed by atoms with van der Waals surface area (Å²) in [5, 5.41) is 8.38. The van der Waals surface area contributed by atoms with Gasteiger partial charge in [-0.25, -0.2) is 4.39 Å². The van der Waals surface area contributed by atoms with Crippen molar-refractivity contribution >= 4 is 0 Å². The van der Waals surface area contributed by atoms with Gasteiger partial charge in [0.15, 0.2) is 0 Å². The average Bonchev–Trinajstić information content (AvgIpc) is 2.30. The van der Waals surface area contributed by atoms with Gasteiger partial charge in [-0.15, -0.1) is 0 Å². The fraction of sp³-hybridized carbons (Fsp3) is 0.462. The lowest BCUT2D eigenvalue weighted by Crippen LogP contribution is -2.09. The van der Waals surface area contributed by atoms with Crippen molar-refractivity contribution in [2.75, 3.05) is 6.61 Å². The van der Waals surface area contributed by atoms with Gasteiger partial charge in [-0.1, -0.05) is 0 Å². The zero-order valence-corrected chi connectivity index (χ0v) is 9.95. The number of nitriles is 1. The molecule has 0 aliphatic heterocycles. The highest BCUT2D eigenvalue weighted by Crippen LogP contribution is 2.24. The molecule has 0 unspecified atom stereocenters. The van der Waals surface area contributed by atoms with Crippen LogP contribution in [0.1, 0.15) is 37.8 Å². The highest BCUT2D eigenvalue weighted by molar-refractivity contribution is 5.36. The molecule has 3 nitrogen and oxygen atoms in total. The fourth-order valence-corrected chi connectivity index (χ4v) is 1.49. The lowest BCUT2D eigenvalue weighted by Gasteiger charge is -2.13. The molecule has 92 valence electrons. The Kier molecular flexibility index (Phi) is 5.44. The summed E-state index contributed by atoms with van der Waals surface area (Å²) in [7, 11) is 0. The average molecular weight is 236 g/mol. The molecular formula is C13H17FN2O. The molecule has 0 amide bonds. The summed E-state index contributed by atoms with van der Waals surface area (Å²) in [6, 6.07) is 6.17. The minimum absolute atomic E-state index is 0.264. The van der Waals surface area contributed by atoms with E-state index in [9.17, 15) is 4.39 Å². The molecule has 0 saturated heterocycles. The molecule has 2 N–H and O–H groups in total. The number of unbranched alkanes of at least 4 members (excludes halogenated alkanes) is 2. The summed E-state index contributed by atoms with van der Waals surface area (Å²) in [5.74, 6) is 0.312. The Hall–Kier alpha value is -1.60. The van der Waals surface area contributed by atoms with Crippen molar-refractivity contribution < 1.29 is 9.13 Å². The molecule has 0 aliphatic rings. The maximum absolute atomic E-state index is 13.0. The van der Waals surface area contributed by atoms with Crippen molar-refractivity contribution in [3.63, 3.8) is 0 Å². The van der Waals surface area contributed by atoms with Crippen molar-refractivity contribution in [3.8, 4) is 11.8 Å². The third-order valence-electron chi connectivity index (χ3n) is 2.40. The zero-order chi connectivity index (χ0) is 12.7. The Morgan fingerprint density at radius 1 is 1.47 bits per heavy atom. The summed E-state index contributed by atoms with van der Waals surface area (Å²) < 4.78 is 18.6. The molecule has 0 bridgehead atoms. The molecule has 0 heterocycles. The van der Waals surface area contributed by atoms with Crippen molar-refractivity contribution in [3.05, 3.63) is 29.6 Å². The van der Waals surface area contributed by atoms with E-state index in [0.717, 1.165) is 12.8 Å². The Bertz CT molecular complexity index is 399. The highest BCUT2D eigenvalue weighted by Gasteiger charge is 2.09. The van der Waals surface area contributed by atoms with Gasteiger partial charge in [0.05, 0.1) is 12.7 Å². The van der Waals surface area contributed by atoms with E-state index in [1.54, 1.807) is 13.0 Å². The first-order valence-electron chi connectivity index (χ1n) is 5.70. The van der Waals surface area contributed by atoms with Crippen molar-refractivity contribution in [1.29, 1.82) is 5.26 Å². The first kappa shape index (κ1) is 13.5. The first-order valence-corrected chi connectivity index (χ1v) is 5.70. The van der Waals surface area contributed by atoms with E-state index in [2.05, 4.69) is 6.07 Å². The first-order chi connectivity index (χ1) is 8.15. The number of nitrogens with zero attached hydrogens (tertiary/aromatic N) is 1. The lowest BCUT2D eigenvalue weighted by atomic mass is 10.1. The zero-order valence-electron chi connectivity index (χ0n) is 9.95. The standard InChI is InChI=1S/C13H17FN2O/c1-10(16)12-9-11(14)5-6-13(12)17-8-4-2-3-7-15/h5-6,9-10H,2-4,8,16H2,1H3/t10-/m1/s1. The molecule has 1 aromatic carbocycles. The van der Waals surface area contributed by atoms with Gasteiger partial charge >= 0.3 is 0 Å². The van der Waals surface area contributed by atoms with E-state index in [1.807, 2.05) is 0 Å². The van der Waals surface area contributed by atoms with E-state index in [4.69, 9.17) is 15.7 Å². The molecule has 1 aromatic rings. The SMILES string of the molecule is C[C@@H](N)c1cc(F)ccc1OCCCCC#N. The van der Waals surface area contributed by atoms with Crippen LogP contribution >= 0.6 is 0 Å². The molecule has 1 rings (SSSR count). The van der Waals surface area contributed by atoms with Gasteiger partial charge in [-0.2, -0.15) is 5.26 Å². The van der Waals surface area contributed by atoms with Gasteiger partial charge in [0.1, 0.15) is 11.6 Å². The predicted molar refractivity (Wildman–Crippen MR) is 64.0 cm³/mol.